The number of nitrogens with zero attached hydrogens (tertiary/aromatic N) is 1. The molecule has 1 fully saturated rings. The summed E-state index contributed by atoms with van der Waals surface area (Å²) in [6.45, 7) is 1.94. The first-order valence-corrected chi connectivity index (χ1v) is 7.03. The molecular formula is C15H11F4N3O2. The summed E-state index contributed by atoms with van der Waals surface area (Å²) in [5, 5.41) is 13.6. The van der Waals surface area contributed by atoms with Crippen molar-refractivity contribution < 1.29 is 26.8 Å². The maximum absolute atomic E-state index is 14.0. The molecule has 0 aliphatic carbocycles. The van der Waals surface area contributed by atoms with Crippen LogP contribution in [-0.2, 0) is 0 Å². The van der Waals surface area contributed by atoms with Gasteiger partial charge in [0.15, 0.2) is 17.2 Å². The Balaban J connectivity index is 2.08. The summed E-state index contributed by atoms with van der Waals surface area (Å²) in [6.07, 6.45) is 0. The van der Waals surface area contributed by atoms with Crippen LogP contribution in [0, 0.1) is 47.4 Å². The van der Waals surface area contributed by atoms with E-state index in [1.54, 1.807) is 0 Å². The van der Waals surface area contributed by atoms with E-state index in [9.17, 15) is 22.4 Å². The lowest BCUT2D eigenvalue weighted by atomic mass is 10.0. The van der Waals surface area contributed by atoms with Crippen molar-refractivity contribution in [2.24, 2.45) is 5.92 Å². The minimum absolute atomic E-state index is 0.190. The summed E-state index contributed by atoms with van der Waals surface area (Å²) in [7, 11) is 0. The molecule has 2 aromatic rings. The molecule has 1 aliphatic rings. The number of amides is 1. The Morgan fingerprint density at radius 1 is 1.21 bits per heavy atom. The molecular weight excluding hydrogens is 330 g/mol. The second-order valence-corrected chi connectivity index (χ2v) is 5.47. The van der Waals surface area contributed by atoms with Gasteiger partial charge in [-0.25, -0.2) is 13.2 Å². The van der Waals surface area contributed by atoms with E-state index in [1.165, 1.54) is 6.92 Å². The summed E-state index contributed by atoms with van der Waals surface area (Å²) >= 11 is 0. The zero-order valence-corrected chi connectivity index (χ0v) is 12.3. The lowest BCUT2D eigenvalue weighted by Gasteiger charge is -2.14. The fourth-order valence-corrected chi connectivity index (χ4v) is 2.79. The van der Waals surface area contributed by atoms with Gasteiger partial charge in [-0.1, -0.05) is 0 Å². The number of rotatable bonds is 2. The van der Waals surface area contributed by atoms with Crippen molar-refractivity contribution in [1.82, 2.24) is 10.6 Å². The van der Waals surface area contributed by atoms with E-state index < -0.39 is 57.7 Å². The highest BCUT2D eigenvalue weighted by molar-refractivity contribution is 6.07. The zero-order valence-electron chi connectivity index (χ0n) is 12.3. The highest BCUT2D eigenvalue weighted by Gasteiger charge is 2.33. The molecule has 1 amide bonds. The first-order valence-electron chi connectivity index (χ1n) is 7.03. The van der Waals surface area contributed by atoms with Crippen LogP contribution in [-0.4, -0.2) is 25.0 Å². The van der Waals surface area contributed by atoms with E-state index >= 15 is 0 Å². The number of hydrogen-bond donors (Lipinski definition) is 2. The molecule has 0 spiro atoms. The molecule has 9 heteroatoms. The highest BCUT2D eigenvalue weighted by atomic mass is 19.2. The van der Waals surface area contributed by atoms with Gasteiger partial charge in [0.25, 0.3) is 5.91 Å². The highest BCUT2D eigenvalue weighted by Crippen LogP contribution is 2.33. The predicted octanol–water partition coefficient (Wildman–Crippen LogP) is 2.14. The second-order valence-electron chi connectivity index (χ2n) is 5.47. The smallest absolute Gasteiger partial charge is 0.255 e. The fraction of sp³-hybridized carbons (Fsp3) is 0.333. The molecule has 0 saturated carbocycles. The first-order chi connectivity index (χ1) is 11.4. The molecule has 5 nitrogen and oxygen atoms in total. The Morgan fingerprint density at radius 2 is 1.88 bits per heavy atom. The summed E-state index contributed by atoms with van der Waals surface area (Å²) in [6, 6.07) is 1.46. The molecule has 3 rings (SSSR count). The van der Waals surface area contributed by atoms with Gasteiger partial charge in [0.05, 0.1) is 29.0 Å². The number of nitriles is 1. The van der Waals surface area contributed by atoms with Gasteiger partial charge in [0.2, 0.25) is 11.6 Å². The number of benzene rings is 1. The lowest BCUT2D eigenvalue weighted by Crippen LogP contribution is -2.40. The number of aryl methyl sites for hydroxylation is 1. The third kappa shape index (κ3) is 2.30. The van der Waals surface area contributed by atoms with Crippen molar-refractivity contribution >= 4 is 16.9 Å². The number of nitrogens with one attached hydrogen (secondary N) is 2. The molecule has 0 bridgehead atoms. The molecule has 1 aromatic heterocycles. The van der Waals surface area contributed by atoms with Gasteiger partial charge < -0.3 is 15.1 Å². The Hall–Kier alpha value is -2.60. The summed E-state index contributed by atoms with van der Waals surface area (Å²) in [5.41, 5.74) is -1.29. The molecule has 2 atom stereocenters. The van der Waals surface area contributed by atoms with Crippen molar-refractivity contribution in [3.8, 4) is 6.07 Å². The average molecular weight is 341 g/mol. The quantitative estimate of drug-likeness (QED) is 0.498. The third-order valence-corrected chi connectivity index (χ3v) is 4.00. The van der Waals surface area contributed by atoms with Crippen LogP contribution in [0.3, 0.4) is 0 Å². The van der Waals surface area contributed by atoms with E-state index in [0.717, 1.165) is 0 Å². The molecule has 1 aromatic carbocycles. The van der Waals surface area contributed by atoms with Crippen LogP contribution in [0.5, 0.6) is 0 Å². The van der Waals surface area contributed by atoms with E-state index in [-0.39, 0.29) is 5.76 Å². The topological polar surface area (TPSA) is 78.1 Å². The van der Waals surface area contributed by atoms with E-state index in [1.807, 2.05) is 6.07 Å². The zero-order chi connectivity index (χ0) is 17.6. The number of fused-ring (bicyclic) bond motifs is 1. The molecule has 24 heavy (non-hydrogen) atoms. The van der Waals surface area contributed by atoms with Gasteiger partial charge in [-0.2, -0.15) is 9.65 Å². The molecule has 2 N–H and O–H groups in total. The minimum atomic E-state index is -2.02. The van der Waals surface area contributed by atoms with Gasteiger partial charge >= 0.3 is 0 Å². The predicted molar refractivity (Wildman–Crippen MR) is 74.0 cm³/mol. The van der Waals surface area contributed by atoms with E-state index in [2.05, 4.69) is 10.6 Å². The first kappa shape index (κ1) is 16.3. The Morgan fingerprint density at radius 3 is 2.54 bits per heavy atom. The van der Waals surface area contributed by atoms with Crippen molar-refractivity contribution in [1.29, 1.82) is 5.26 Å². The Bertz CT molecular complexity index is 887. The van der Waals surface area contributed by atoms with Gasteiger partial charge in [-0.05, 0) is 6.92 Å². The van der Waals surface area contributed by atoms with E-state index in [4.69, 9.17) is 9.68 Å². The number of carbonyl (C=O) groups excluding carboxylic acids is 1. The Labute approximate surface area is 133 Å². The van der Waals surface area contributed by atoms with Gasteiger partial charge in [0, 0.05) is 13.1 Å². The lowest BCUT2D eigenvalue weighted by molar-refractivity contribution is 0.0935. The van der Waals surface area contributed by atoms with Crippen molar-refractivity contribution in [2.45, 2.75) is 13.0 Å². The Kier molecular flexibility index (Phi) is 3.93. The van der Waals surface area contributed by atoms with Gasteiger partial charge in [-0.3, -0.25) is 4.79 Å². The average Bonchev–Trinajstić information content (AvgIpc) is 3.14. The minimum Gasteiger partial charge on any atom is -0.457 e. The molecule has 1 aliphatic heterocycles. The molecule has 2 heterocycles. The molecule has 2 unspecified atom stereocenters. The normalized spacial score (nSPS) is 20.3. The number of carbonyl (C=O) groups is 1. The summed E-state index contributed by atoms with van der Waals surface area (Å²) < 4.78 is 59.5. The summed E-state index contributed by atoms with van der Waals surface area (Å²) in [4.78, 5) is 12.4. The van der Waals surface area contributed by atoms with Crippen LogP contribution < -0.4 is 10.6 Å². The number of halogens is 4. The number of furan rings is 1. The van der Waals surface area contributed by atoms with Crippen LogP contribution >= 0.6 is 0 Å². The summed E-state index contributed by atoms with van der Waals surface area (Å²) in [5.74, 6) is -8.98. The largest absolute Gasteiger partial charge is 0.457 e. The number of hydrogen-bond acceptors (Lipinski definition) is 4. The van der Waals surface area contributed by atoms with Crippen LogP contribution in [0.4, 0.5) is 17.6 Å². The molecule has 126 valence electrons. The third-order valence-electron chi connectivity index (χ3n) is 4.00. The molecule has 1 saturated heterocycles. The standard InChI is InChI=1S/C15H11F4N3O2/c1-5-8(15(23)22-7-4-21-3-6(7)2-20)9-10(16)11(17)12(18)13(19)14(9)24-5/h6-7,21H,3-4H2,1H3,(H,22,23). The van der Waals surface area contributed by atoms with Crippen molar-refractivity contribution in [3.63, 3.8) is 0 Å². The second kappa shape index (κ2) is 5.79. The molecule has 0 radical (unpaired) electrons. The monoisotopic (exact) mass is 341 g/mol. The van der Waals surface area contributed by atoms with Crippen LogP contribution in [0.25, 0.3) is 11.0 Å². The maximum atomic E-state index is 14.0. The van der Waals surface area contributed by atoms with E-state index in [0.29, 0.717) is 13.1 Å². The van der Waals surface area contributed by atoms with Crippen LogP contribution in [0.2, 0.25) is 0 Å². The van der Waals surface area contributed by atoms with Crippen LogP contribution in [0.1, 0.15) is 16.1 Å². The maximum Gasteiger partial charge on any atom is 0.255 e. The fourth-order valence-electron chi connectivity index (χ4n) is 2.79. The van der Waals surface area contributed by atoms with Gasteiger partial charge in [-0.15, -0.1) is 0 Å². The van der Waals surface area contributed by atoms with Crippen molar-refractivity contribution in [2.75, 3.05) is 13.1 Å². The van der Waals surface area contributed by atoms with Crippen LogP contribution in [0.15, 0.2) is 4.42 Å². The SMILES string of the molecule is Cc1oc2c(F)c(F)c(F)c(F)c2c1C(=O)NC1CNCC1C#N. The van der Waals surface area contributed by atoms with Crippen molar-refractivity contribution in [3.05, 3.63) is 34.6 Å². The van der Waals surface area contributed by atoms with Gasteiger partial charge in [0.1, 0.15) is 5.76 Å².